The van der Waals surface area contributed by atoms with Gasteiger partial charge in [0.25, 0.3) is 0 Å². The van der Waals surface area contributed by atoms with E-state index in [0.29, 0.717) is 5.56 Å². The van der Waals surface area contributed by atoms with Crippen molar-refractivity contribution in [3.05, 3.63) is 35.4 Å². The molecule has 12 heavy (non-hydrogen) atoms. The van der Waals surface area contributed by atoms with Gasteiger partial charge in [-0.2, -0.15) is 0 Å². The molecule has 0 aliphatic carbocycles. The first-order chi connectivity index (χ1) is 5.75. The summed E-state index contributed by atoms with van der Waals surface area (Å²) < 4.78 is 0. The van der Waals surface area contributed by atoms with Gasteiger partial charge in [0.05, 0.1) is 5.56 Å². The fourth-order valence-electron chi connectivity index (χ4n) is 0.910. The van der Waals surface area contributed by atoms with Crippen LogP contribution >= 0.6 is 0 Å². The summed E-state index contributed by atoms with van der Waals surface area (Å²) in [5.74, 6) is 4.35. The van der Waals surface area contributed by atoms with Gasteiger partial charge in [-0.05, 0) is 18.6 Å². The number of benzene rings is 1. The lowest BCUT2D eigenvalue weighted by molar-refractivity contribution is 0.0253. The van der Waals surface area contributed by atoms with Crippen LogP contribution < -0.4 is 11.4 Å². The van der Waals surface area contributed by atoms with Gasteiger partial charge in [-0.1, -0.05) is 23.8 Å². The minimum absolute atomic E-state index is 0.476. The third-order valence-corrected chi connectivity index (χ3v) is 1.52. The van der Waals surface area contributed by atoms with Gasteiger partial charge < -0.3 is 4.84 Å². The highest BCUT2D eigenvalue weighted by Crippen LogP contribution is 2.07. The summed E-state index contributed by atoms with van der Waals surface area (Å²) in [6.07, 6.45) is 0. The molecule has 1 aromatic rings. The Balaban J connectivity index is 2.87. The molecule has 3 N–H and O–H groups in total. The number of carbonyl (C=O) groups is 1. The second-order valence-electron chi connectivity index (χ2n) is 2.32. The van der Waals surface area contributed by atoms with Crippen LogP contribution in [0, 0.1) is 6.92 Å². The van der Waals surface area contributed by atoms with Gasteiger partial charge in [-0.25, -0.2) is 10.6 Å². The van der Waals surface area contributed by atoms with Crippen molar-refractivity contribution in [2.75, 3.05) is 0 Å². The molecule has 64 valence electrons. The summed E-state index contributed by atoms with van der Waals surface area (Å²) in [5.41, 5.74) is 3.21. The van der Waals surface area contributed by atoms with Gasteiger partial charge in [0.1, 0.15) is 0 Å². The van der Waals surface area contributed by atoms with Crippen LogP contribution in [0.3, 0.4) is 0 Å². The van der Waals surface area contributed by atoms with E-state index in [-0.39, 0.29) is 0 Å². The predicted octanol–water partition coefficient (Wildman–Crippen LogP) is 0.530. The number of hydrogen-bond donors (Lipinski definition) is 2. The molecule has 0 aliphatic heterocycles. The van der Waals surface area contributed by atoms with E-state index >= 15 is 0 Å². The van der Waals surface area contributed by atoms with E-state index in [1.54, 1.807) is 12.1 Å². The molecule has 0 saturated heterocycles. The molecule has 0 amide bonds. The van der Waals surface area contributed by atoms with E-state index in [0.717, 1.165) is 5.56 Å². The highest BCUT2D eigenvalue weighted by Gasteiger charge is 2.08. The van der Waals surface area contributed by atoms with Crippen LogP contribution in [-0.4, -0.2) is 5.97 Å². The lowest BCUT2D eigenvalue weighted by Crippen LogP contribution is -2.26. The van der Waals surface area contributed by atoms with Crippen molar-refractivity contribution < 1.29 is 9.63 Å². The van der Waals surface area contributed by atoms with Crippen molar-refractivity contribution in [1.29, 1.82) is 0 Å². The monoisotopic (exact) mass is 166 g/mol. The van der Waals surface area contributed by atoms with E-state index in [2.05, 4.69) is 4.84 Å². The topological polar surface area (TPSA) is 64.3 Å². The van der Waals surface area contributed by atoms with E-state index < -0.39 is 5.97 Å². The van der Waals surface area contributed by atoms with Crippen molar-refractivity contribution in [2.24, 2.45) is 5.84 Å². The molecular weight excluding hydrogens is 156 g/mol. The summed E-state index contributed by atoms with van der Waals surface area (Å²) in [6.45, 7) is 1.83. The van der Waals surface area contributed by atoms with Crippen molar-refractivity contribution >= 4 is 5.97 Å². The van der Waals surface area contributed by atoms with Gasteiger partial charge in [0, 0.05) is 0 Å². The molecule has 0 heterocycles. The number of aryl methyl sites for hydroxylation is 1. The van der Waals surface area contributed by atoms with Crippen LogP contribution in [0.5, 0.6) is 0 Å². The van der Waals surface area contributed by atoms with Crippen molar-refractivity contribution in [1.82, 2.24) is 5.59 Å². The fraction of sp³-hybridized carbons (Fsp3) is 0.125. The first kappa shape index (κ1) is 8.70. The lowest BCUT2D eigenvalue weighted by Gasteiger charge is -2.02. The average molecular weight is 166 g/mol. The van der Waals surface area contributed by atoms with Gasteiger partial charge in [-0.3, -0.25) is 0 Å². The van der Waals surface area contributed by atoms with Gasteiger partial charge >= 0.3 is 5.97 Å². The quantitative estimate of drug-likeness (QED) is 0.497. The standard InChI is InChI=1S/C8H10N2O2/c1-6-4-2-3-5-7(6)8(11)12-10-9/h2-5,10H,9H2,1H3. The van der Waals surface area contributed by atoms with Crippen LogP contribution in [0.4, 0.5) is 0 Å². The summed E-state index contributed by atoms with van der Waals surface area (Å²) in [4.78, 5) is 15.5. The Kier molecular flexibility index (Phi) is 2.79. The third-order valence-electron chi connectivity index (χ3n) is 1.52. The van der Waals surface area contributed by atoms with E-state index in [1.807, 2.05) is 24.6 Å². The normalized spacial score (nSPS) is 9.50. The molecule has 0 unspecified atom stereocenters. The van der Waals surface area contributed by atoms with Crippen molar-refractivity contribution in [3.8, 4) is 0 Å². The molecule has 0 saturated carbocycles. The predicted molar refractivity (Wildman–Crippen MR) is 43.9 cm³/mol. The van der Waals surface area contributed by atoms with Gasteiger partial charge in [0.2, 0.25) is 0 Å². The summed E-state index contributed by atoms with van der Waals surface area (Å²) >= 11 is 0. The first-order valence-corrected chi connectivity index (χ1v) is 3.48. The zero-order valence-electron chi connectivity index (χ0n) is 6.70. The molecule has 0 bridgehead atoms. The van der Waals surface area contributed by atoms with Crippen LogP contribution in [0.25, 0.3) is 0 Å². The largest absolute Gasteiger partial charge is 0.358 e. The second kappa shape index (κ2) is 3.85. The molecule has 0 fully saturated rings. The molecule has 4 heteroatoms. The maximum Gasteiger partial charge on any atom is 0.358 e. The molecule has 0 spiro atoms. The summed E-state index contributed by atoms with van der Waals surface area (Å²) in [7, 11) is 0. The maximum atomic E-state index is 11.1. The van der Waals surface area contributed by atoms with Crippen LogP contribution in [-0.2, 0) is 4.84 Å². The fourth-order valence-corrected chi connectivity index (χ4v) is 0.910. The Labute approximate surface area is 70.3 Å². The first-order valence-electron chi connectivity index (χ1n) is 3.48. The average Bonchev–Trinajstić information content (AvgIpc) is 2.05. The van der Waals surface area contributed by atoms with E-state index in [4.69, 9.17) is 5.84 Å². The lowest BCUT2D eigenvalue weighted by atomic mass is 10.1. The molecule has 1 aromatic carbocycles. The minimum atomic E-state index is -0.476. The molecule has 0 atom stereocenters. The van der Waals surface area contributed by atoms with Crippen LogP contribution in [0.1, 0.15) is 15.9 Å². The Morgan fingerprint density at radius 3 is 2.75 bits per heavy atom. The number of hydrogen-bond acceptors (Lipinski definition) is 4. The van der Waals surface area contributed by atoms with E-state index in [9.17, 15) is 4.79 Å². The molecule has 0 aliphatic rings. The number of rotatable bonds is 2. The molecule has 0 aromatic heterocycles. The zero-order valence-corrected chi connectivity index (χ0v) is 6.70. The molecule has 4 nitrogen and oxygen atoms in total. The van der Waals surface area contributed by atoms with Crippen molar-refractivity contribution in [3.63, 3.8) is 0 Å². The maximum absolute atomic E-state index is 11.1. The number of nitrogens with one attached hydrogen (secondary N) is 1. The Bertz CT molecular complexity index is 286. The van der Waals surface area contributed by atoms with E-state index in [1.165, 1.54) is 0 Å². The summed E-state index contributed by atoms with van der Waals surface area (Å²) in [6, 6.07) is 7.12. The van der Waals surface area contributed by atoms with Gasteiger partial charge in [-0.15, -0.1) is 0 Å². The molecule has 1 rings (SSSR count). The number of nitrogens with two attached hydrogens (primary N) is 1. The van der Waals surface area contributed by atoms with Crippen molar-refractivity contribution in [2.45, 2.75) is 6.92 Å². The Morgan fingerprint density at radius 2 is 2.17 bits per heavy atom. The minimum Gasteiger partial charge on any atom is -0.351 e. The van der Waals surface area contributed by atoms with Crippen LogP contribution in [0.15, 0.2) is 24.3 Å². The SMILES string of the molecule is Cc1ccccc1C(=O)ONN. The Morgan fingerprint density at radius 1 is 1.50 bits per heavy atom. The van der Waals surface area contributed by atoms with Crippen LogP contribution in [0.2, 0.25) is 0 Å². The van der Waals surface area contributed by atoms with Gasteiger partial charge in [0.15, 0.2) is 0 Å². The number of carbonyl (C=O) groups excluding carboxylic acids is 1. The number of hydrazine groups is 1. The highest BCUT2D eigenvalue weighted by atomic mass is 16.7. The smallest absolute Gasteiger partial charge is 0.351 e. The third kappa shape index (κ3) is 1.81. The molecular formula is C8H10N2O2. The second-order valence-corrected chi connectivity index (χ2v) is 2.32. The molecule has 0 radical (unpaired) electrons. The highest BCUT2D eigenvalue weighted by molar-refractivity contribution is 5.90. The summed E-state index contributed by atoms with van der Waals surface area (Å²) in [5, 5.41) is 0. The Hall–Kier alpha value is -1.39. The zero-order chi connectivity index (χ0) is 8.97.